The summed E-state index contributed by atoms with van der Waals surface area (Å²) in [5.41, 5.74) is 1.85. The quantitative estimate of drug-likeness (QED) is 0.435. The van der Waals surface area contributed by atoms with Gasteiger partial charge in [-0.05, 0) is 50.6 Å². The Labute approximate surface area is 192 Å². The Morgan fingerprint density at radius 1 is 1.00 bits per heavy atom. The van der Waals surface area contributed by atoms with E-state index < -0.39 is 0 Å². The lowest BCUT2D eigenvalue weighted by molar-refractivity contribution is -0.117. The fourth-order valence-corrected chi connectivity index (χ4v) is 3.59. The lowest BCUT2D eigenvalue weighted by atomic mass is 10.0. The number of unbranched alkanes of at least 4 members (excludes halogenated alkanes) is 3. The summed E-state index contributed by atoms with van der Waals surface area (Å²) in [6, 6.07) is 9.46. The molecule has 0 spiro atoms. The van der Waals surface area contributed by atoms with Crippen LogP contribution < -0.4 is 5.32 Å². The van der Waals surface area contributed by atoms with Crippen molar-refractivity contribution in [2.24, 2.45) is 0 Å². The Balaban J connectivity index is 2.04. The maximum atomic E-state index is 13.2. The van der Waals surface area contributed by atoms with E-state index in [0.29, 0.717) is 30.2 Å². The normalized spacial score (nSPS) is 11.0. The van der Waals surface area contributed by atoms with E-state index in [4.69, 9.17) is 4.52 Å². The molecule has 7 nitrogen and oxygen atoms in total. The highest BCUT2D eigenvalue weighted by molar-refractivity contribution is 5.99. The van der Waals surface area contributed by atoms with Gasteiger partial charge in [-0.15, -0.1) is 0 Å². The highest BCUT2D eigenvalue weighted by atomic mass is 16.5. The molecule has 7 heteroatoms. The molecule has 0 aliphatic carbocycles. The van der Waals surface area contributed by atoms with Crippen molar-refractivity contribution >= 4 is 17.6 Å². The second kappa shape index (κ2) is 13.7. The number of amides is 2. The number of nitrogens with zero attached hydrogens (tertiary/aromatic N) is 3. The molecule has 2 rings (SSSR count). The summed E-state index contributed by atoms with van der Waals surface area (Å²) < 4.78 is 5.00. The van der Waals surface area contributed by atoms with Gasteiger partial charge >= 0.3 is 0 Å². The molecule has 0 bridgehead atoms. The fourth-order valence-electron chi connectivity index (χ4n) is 3.59. The molecule has 0 saturated carbocycles. The standard InChI is InChI=1S/C25H38N4O3/c1-5-8-9-10-11-21-12-14-22(15-13-21)25(31)29(17-16-28(6-2)7-3)19-24(30)26-23-18-20(4)32-27-23/h12-15,18H,5-11,16-17,19H2,1-4H3,(H,26,27,30). The van der Waals surface area contributed by atoms with Crippen LogP contribution in [-0.2, 0) is 11.2 Å². The molecule has 2 aromatic rings. The number of aryl methyl sites for hydroxylation is 2. The molecular formula is C25H38N4O3. The van der Waals surface area contributed by atoms with Gasteiger partial charge < -0.3 is 19.6 Å². The Bertz CT molecular complexity index is 828. The maximum absolute atomic E-state index is 13.2. The zero-order chi connectivity index (χ0) is 23.3. The van der Waals surface area contributed by atoms with Crippen molar-refractivity contribution in [2.45, 2.75) is 59.8 Å². The number of carbonyl (C=O) groups excluding carboxylic acids is 2. The van der Waals surface area contributed by atoms with Crippen LogP contribution in [0.5, 0.6) is 0 Å². The molecule has 32 heavy (non-hydrogen) atoms. The van der Waals surface area contributed by atoms with Crippen LogP contribution in [0.2, 0.25) is 0 Å². The van der Waals surface area contributed by atoms with Crippen LogP contribution in [0.25, 0.3) is 0 Å². The third-order valence-electron chi connectivity index (χ3n) is 5.62. The highest BCUT2D eigenvalue weighted by Crippen LogP contribution is 2.13. The molecule has 0 aliphatic heterocycles. The lowest BCUT2D eigenvalue weighted by Crippen LogP contribution is -2.42. The third-order valence-corrected chi connectivity index (χ3v) is 5.62. The van der Waals surface area contributed by atoms with Gasteiger partial charge in [0.15, 0.2) is 5.82 Å². The molecule has 0 atom stereocenters. The molecule has 0 unspecified atom stereocenters. The minimum Gasteiger partial charge on any atom is -0.360 e. The van der Waals surface area contributed by atoms with Crippen LogP contribution in [0.1, 0.15) is 68.1 Å². The summed E-state index contributed by atoms with van der Waals surface area (Å²) in [6.07, 6.45) is 5.91. The van der Waals surface area contributed by atoms with Crippen LogP contribution >= 0.6 is 0 Å². The summed E-state index contributed by atoms with van der Waals surface area (Å²) in [7, 11) is 0. The van der Waals surface area contributed by atoms with E-state index in [1.807, 2.05) is 24.3 Å². The Morgan fingerprint density at radius 3 is 2.31 bits per heavy atom. The molecule has 176 valence electrons. The first-order valence-electron chi connectivity index (χ1n) is 11.8. The molecule has 0 radical (unpaired) electrons. The van der Waals surface area contributed by atoms with E-state index >= 15 is 0 Å². The topological polar surface area (TPSA) is 78.7 Å². The summed E-state index contributed by atoms with van der Waals surface area (Å²) >= 11 is 0. The monoisotopic (exact) mass is 442 g/mol. The first kappa shape index (κ1) is 25.6. The number of benzene rings is 1. The fraction of sp³-hybridized carbons (Fsp3) is 0.560. The molecule has 0 saturated heterocycles. The van der Waals surface area contributed by atoms with Gasteiger partial charge in [0.1, 0.15) is 12.3 Å². The number of hydrogen-bond acceptors (Lipinski definition) is 5. The Morgan fingerprint density at radius 2 is 1.72 bits per heavy atom. The van der Waals surface area contributed by atoms with E-state index in [-0.39, 0.29) is 18.4 Å². The van der Waals surface area contributed by atoms with Gasteiger partial charge in [0, 0.05) is 24.7 Å². The molecule has 2 amide bonds. The molecule has 0 aliphatic rings. The summed E-state index contributed by atoms with van der Waals surface area (Å²) in [5.74, 6) is 0.542. The smallest absolute Gasteiger partial charge is 0.254 e. The number of carbonyl (C=O) groups is 2. The first-order valence-corrected chi connectivity index (χ1v) is 11.8. The van der Waals surface area contributed by atoms with Gasteiger partial charge in [0.05, 0.1) is 0 Å². The first-order chi connectivity index (χ1) is 15.5. The number of aromatic nitrogens is 1. The lowest BCUT2D eigenvalue weighted by Gasteiger charge is -2.26. The van der Waals surface area contributed by atoms with Crippen molar-refractivity contribution in [1.29, 1.82) is 0 Å². The van der Waals surface area contributed by atoms with E-state index in [1.165, 1.54) is 31.2 Å². The summed E-state index contributed by atoms with van der Waals surface area (Å²) in [4.78, 5) is 29.6. The van der Waals surface area contributed by atoms with E-state index in [9.17, 15) is 9.59 Å². The Hall–Kier alpha value is -2.67. The number of nitrogens with one attached hydrogen (secondary N) is 1. The minimum absolute atomic E-state index is 0.0369. The number of likely N-dealkylation sites (N-methyl/N-ethyl adjacent to an activating group) is 1. The number of rotatable bonds is 14. The van der Waals surface area contributed by atoms with E-state index in [2.05, 4.69) is 36.1 Å². The predicted octanol–water partition coefficient (Wildman–Crippen LogP) is 4.53. The van der Waals surface area contributed by atoms with Gasteiger partial charge in [-0.2, -0.15) is 0 Å². The highest BCUT2D eigenvalue weighted by Gasteiger charge is 2.20. The maximum Gasteiger partial charge on any atom is 0.254 e. The van der Waals surface area contributed by atoms with Crippen molar-refractivity contribution in [1.82, 2.24) is 15.0 Å². The molecule has 1 N–H and O–H groups in total. The van der Waals surface area contributed by atoms with Gasteiger partial charge in [-0.3, -0.25) is 9.59 Å². The van der Waals surface area contributed by atoms with Crippen LogP contribution in [-0.4, -0.2) is 59.5 Å². The SMILES string of the molecule is CCCCCCc1ccc(C(=O)N(CCN(CC)CC)CC(=O)Nc2cc(C)on2)cc1. The van der Waals surface area contributed by atoms with Crippen LogP contribution in [0.4, 0.5) is 5.82 Å². The van der Waals surface area contributed by atoms with Crippen LogP contribution in [0.3, 0.4) is 0 Å². The van der Waals surface area contributed by atoms with Gasteiger partial charge in [0.25, 0.3) is 5.91 Å². The van der Waals surface area contributed by atoms with E-state index in [1.54, 1.807) is 17.9 Å². The average molecular weight is 443 g/mol. The molecule has 1 aromatic carbocycles. The summed E-state index contributed by atoms with van der Waals surface area (Å²) in [5, 5.41) is 6.50. The van der Waals surface area contributed by atoms with Crippen LogP contribution in [0, 0.1) is 6.92 Å². The molecular weight excluding hydrogens is 404 g/mol. The van der Waals surface area contributed by atoms with Crippen LogP contribution in [0.15, 0.2) is 34.9 Å². The van der Waals surface area contributed by atoms with Crippen molar-refractivity contribution in [3.05, 3.63) is 47.2 Å². The third kappa shape index (κ3) is 8.46. The van der Waals surface area contributed by atoms with Gasteiger partial charge in [0.2, 0.25) is 5.91 Å². The summed E-state index contributed by atoms with van der Waals surface area (Å²) in [6.45, 7) is 11.1. The van der Waals surface area contributed by atoms with Crippen molar-refractivity contribution < 1.29 is 14.1 Å². The second-order valence-electron chi connectivity index (χ2n) is 8.13. The predicted molar refractivity (Wildman–Crippen MR) is 128 cm³/mol. The second-order valence-corrected chi connectivity index (χ2v) is 8.13. The largest absolute Gasteiger partial charge is 0.360 e. The van der Waals surface area contributed by atoms with Crippen molar-refractivity contribution in [2.75, 3.05) is 38.0 Å². The van der Waals surface area contributed by atoms with E-state index in [0.717, 1.165) is 19.5 Å². The zero-order valence-electron chi connectivity index (χ0n) is 20.0. The van der Waals surface area contributed by atoms with Crippen molar-refractivity contribution in [3.8, 4) is 0 Å². The van der Waals surface area contributed by atoms with Crippen molar-refractivity contribution in [3.63, 3.8) is 0 Å². The van der Waals surface area contributed by atoms with Gasteiger partial charge in [-0.1, -0.05) is 57.3 Å². The Kier molecular flexibility index (Phi) is 10.9. The zero-order valence-corrected chi connectivity index (χ0v) is 20.0. The molecule has 0 fully saturated rings. The number of hydrogen-bond donors (Lipinski definition) is 1. The molecule has 1 aromatic heterocycles. The number of anilines is 1. The average Bonchev–Trinajstić information content (AvgIpc) is 3.20. The molecule has 1 heterocycles. The minimum atomic E-state index is -0.293. The van der Waals surface area contributed by atoms with Gasteiger partial charge in [-0.25, -0.2) is 0 Å².